The van der Waals surface area contributed by atoms with E-state index in [1.807, 2.05) is 6.92 Å². The zero-order valence-electron chi connectivity index (χ0n) is 6.89. The van der Waals surface area contributed by atoms with Crippen molar-refractivity contribution in [3.05, 3.63) is 39.9 Å². The van der Waals surface area contributed by atoms with Crippen LogP contribution < -0.4 is 0 Å². The summed E-state index contributed by atoms with van der Waals surface area (Å²) in [7, 11) is 0. The van der Waals surface area contributed by atoms with Gasteiger partial charge in [-0.25, -0.2) is 0 Å². The second kappa shape index (κ2) is 5.62. The molecule has 0 heterocycles. The van der Waals surface area contributed by atoms with Gasteiger partial charge in [-0.05, 0) is 6.92 Å². The average Bonchev–Trinajstić information content (AvgIpc) is 2.06. The molecule has 0 radical (unpaired) electrons. The number of hydrogen-bond donors (Lipinski definition) is 0. The number of aryl methyl sites for hydroxylation is 1. The molecule has 0 fully saturated rings. The number of carbonyl (C=O) groups excluding carboxylic acids is 2. The smallest absolute Gasteiger partial charge is 0.258 e. The highest BCUT2D eigenvalue weighted by atomic mass is 16.6. The molecule has 0 aliphatic carbocycles. The Morgan fingerprint density at radius 1 is 1.23 bits per heavy atom. The summed E-state index contributed by atoms with van der Waals surface area (Å²) in [4.78, 5) is 26.0. The monoisotopic (exact) mass is 181 g/mol. The van der Waals surface area contributed by atoms with Gasteiger partial charge in [0, 0.05) is 12.1 Å². The van der Waals surface area contributed by atoms with Gasteiger partial charge in [0.2, 0.25) is 0 Å². The molecule has 0 bridgehead atoms. The van der Waals surface area contributed by atoms with Crippen LogP contribution in [-0.2, 0) is 9.59 Å². The number of rotatable bonds is 1. The molecule has 0 aliphatic heterocycles. The lowest BCUT2D eigenvalue weighted by atomic mass is 10.2. The Balaban J connectivity index is 0.000000424. The second-order valence-electron chi connectivity index (χ2n) is 2.18. The number of nitro groups is 1. The molecule has 13 heavy (non-hydrogen) atoms. The van der Waals surface area contributed by atoms with Gasteiger partial charge in [0.1, 0.15) is 0 Å². The van der Waals surface area contributed by atoms with Crippen LogP contribution in [0, 0.1) is 17.0 Å². The SMILES string of the molecule is Cc1ccc([N+](=O)[O-])cc1.O=C=O. The van der Waals surface area contributed by atoms with Crippen molar-refractivity contribution in [3.8, 4) is 0 Å². The van der Waals surface area contributed by atoms with Gasteiger partial charge in [-0.15, -0.1) is 0 Å². The zero-order valence-corrected chi connectivity index (χ0v) is 6.89. The topological polar surface area (TPSA) is 77.3 Å². The summed E-state index contributed by atoms with van der Waals surface area (Å²) >= 11 is 0. The van der Waals surface area contributed by atoms with E-state index in [1.165, 1.54) is 12.1 Å². The van der Waals surface area contributed by atoms with Crippen molar-refractivity contribution in [2.24, 2.45) is 0 Å². The van der Waals surface area contributed by atoms with Crippen LogP contribution in [0.2, 0.25) is 0 Å². The van der Waals surface area contributed by atoms with E-state index in [0.29, 0.717) is 0 Å². The van der Waals surface area contributed by atoms with Crippen molar-refractivity contribution in [2.75, 3.05) is 0 Å². The maximum Gasteiger partial charge on any atom is 0.373 e. The Labute approximate surface area is 74.1 Å². The number of nitrogens with zero attached hydrogens (tertiary/aromatic N) is 1. The minimum Gasteiger partial charge on any atom is -0.258 e. The summed E-state index contributed by atoms with van der Waals surface area (Å²) in [6, 6.07) is 6.43. The van der Waals surface area contributed by atoms with Crippen LogP contribution in [0.1, 0.15) is 5.56 Å². The lowest BCUT2D eigenvalue weighted by molar-refractivity contribution is -0.384. The zero-order chi connectivity index (χ0) is 10.3. The molecule has 1 aromatic carbocycles. The third-order valence-electron chi connectivity index (χ3n) is 1.24. The predicted octanol–water partition coefficient (Wildman–Crippen LogP) is 1.32. The standard InChI is InChI=1S/C7H7NO2.CO2/c1-6-2-4-7(5-3-6)8(9)10;2-1-3/h2-5H,1H3;. The van der Waals surface area contributed by atoms with Crippen molar-refractivity contribution in [1.82, 2.24) is 0 Å². The molecule has 0 aromatic heterocycles. The first-order valence-electron chi connectivity index (χ1n) is 3.32. The van der Waals surface area contributed by atoms with E-state index in [-0.39, 0.29) is 11.8 Å². The van der Waals surface area contributed by atoms with Crippen LogP contribution in [0.5, 0.6) is 0 Å². The summed E-state index contributed by atoms with van der Waals surface area (Å²) in [6.45, 7) is 1.89. The normalized spacial score (nSPS) is 7.77. The Morgan fingerprint density at radius 2 is 1.62 bits per heavy atom. The van der Waals surface area contributed by atoms with Gasteiger partial charge in [-0.3, -0.25) is 10.1 Å². The van der Waals surface area contributed by atoms with Gasteiger partial charge < -0.3 is 0 Å². The van der Waals surface area contributed by atoms with Crippen molar-refractivity contribution >= 4 is 11.8 Å². The summed E-state index contributed by atoms with van der Waals surface area (Å²) in [5, 5.41) is 10.1. The van der Waals surface area contributed by atoms with Gasteiger partial charge in [-0.2, -0.15) is 9.59 Å². The maximum atomic E-state index is 10.1. The van der Waals surface area contributed by atoms with Gasteiger partial charge in [0.15, 0.2) is 0 Å². The largest absolute Gasteiger partial charge is 0.373 e. The van der Waals surface area contributed by atoms with E-state index in [0.717, 1.165) is 5.56 Å². The molecule has 0 spiro atoms. The van der Waals surface area contributed by atoms with E-state index in [2.05, 4.69) is 0 Å². The predicted molar refractivity (Wildman–Crippen MR) is 42.8 cm³/mol. The van der Waals surface area contributed by atoms with E-state index in [4.69, 9.17) is 9.59 Å². The van der Waals surface area contributed by atoms with Gasteiger partial charge >= 0.3 is 6.15 Å². The summed E-state index contributed by atoms with van der Waals surface area (Å²) in [5.41, 5.74) is 1.18. The number of nitro benzene ring substituents is 1. The Hall–Kier alpha value is -2.00. The molecule has 5 nitrogen and oxygen atoms in total. The highest BCUT2D eigenvalue weighted by molar-refractivity contribution is 5.31. The summed E-state index contributed by atoms with van der Waals surface area (Å²) in [6.07, 6.45) is 0.250. The molecule has 68 valence electrons. The molecule has 1 aromatic rings. The van der Waals surface area contributed by atoms with Crippen molar-refractivity contribution in [1.29, 1.82) is 0 Å². The van der Waals surface area contributed by atoms with Crippen LogP contribution in [0.25, 0.3) is 0 Å². The second-order valence-corrected chi connectivity index (χ2v) is 2.18. The molecule has 0 N–H and O–H groups in total. The molecule has 0 saturated heterocycles. The summed E-state index contributed by atoms with van der Waals surface area (Å²) in [5.74, 6) is 0. The fourth-order valence-corrected chi connectivity index (χ4v) is 0.666. The minimum absolute atomic E-state index is 0.144. The van der Waals surface area contributed by atoms with Crippen LogP contribution in [-0.4, -0.2) is 11.1 Å². The molecule has 0 unspecified atom stereocenters. The Bertz CT molecular complexity index is 311. The van der Waals surface area contributed by atoms with Crippen molar-refractivity contribution < 1.29 is 14.5 Å². The highest BCUT2D eigenvalue weighted by Crippen LogP contribution is 2.10. The lowest BCUT2D eigenvalue weighted by Crippen LogP contribution is -1.86. The molecule has 0 saturated carbocycles. The first-order valence-corrected chi connectivity index (χ1v) is 3.32. The molecule has 1 rings (SSSR count). The number of hydrogen-bond acceptors (Lipinski definition) is 4. The Morgan fingerprint density at radius 3 is 1.92 bits per heavy atom. The van der Waals surface area contributed by atoms with Crippen LogP contribution >= 0.6 is 0 Å². The van der Waals surface area contributed by atoms with Gasteiger partial charge in [0.25, 0.3) is 5.69 Å². The molecule has 0 atom stereocenters. The molecule has 0 aliphatic rings. The highest BCUT2D eigenvalue weighted by Gasteiger charge is 2.00. The number of non-ortho nitro benzene ring substituents is 1. The van der Waals surface area contributed by atoms with Crippen LogP contribution in [0.4, 0.5) is 5.69 Å². The minimum atomic E-state index is -0.403. The molecular weight excluding hydrogens is 174 g/mol. The van der Waals surface area contributed by atoms with E-state index in [1.54, 1.807) is 12.1 Å². The third-order valence-corrected chi connectivity index (χ3v) is 1.24. The fraction of sp³-hybridized carbons (Fsp3) is 0.125. The number of benzene rings is 1. The molecule has 0 amide bonds. The van der Waals surface area contributed by atoms with Crippen molar-refractivity contribution in [3.63, 3.8) is 0 Å². The first kappa shape index (κ1) is 11.0. The van der Waals surface area contributed by atoms with Crippen LogP contribution in [0.15, 0.2) is 24.3 Å². The van der Waals surface area contributed by atoms with Crippen molar-refractivity contribution in [2.45, 2.75) is 6.92 Å². The summed E-state index contributed by atoms with van der Waals surface area (Å²) < 4.78 is 0. The fourth-order valence-electron chi connectivity index (χ4n) is 0.666. The first-order chi connectivity index (χ1) is 6.11. The van der Waals surface area contributed by atoms with Crippen LogP contribution in [0.3, 0.4) is 0 Å². The molecular formula is C8H7NO4. The lowest BCUT2D eigenvalue weighted by Gasteiger charge is -1.90. The van der Waals surface area contributed by atoms with E-state index < -0.39 is 4.92 Å². The van der Waals surface area contributed by atoms with E-state index >= 15 is 0 Å². The average molecular weight is 181 g/mol. The third kappa shape index (κ3) is 4.44. The maximum absolute atomic E-state index is 10.1. The quantitative estimate of drug-likeness (QED) is 0.483. The molecule has 5 heteroatoms. The van der Waals surface area contributed by atoms with Gasteiger partial charge in [-0.1, -0.05) is 17.7 Å². The van der Waals surface area contributed by atoms with Gasteiger partial charge in [0.05, 0.1) is 4.92 Å². The van der Waals surface area contributed by atoms with E-state index in [9.17, 15) is 10.1 Å². The Kier molecular flexibility index (Phi) is 4.76.